The highest BCUT2D eigenvalue weighted by Crippen LogP contribution is 2.46. The van der Waals surface area contributed by atoms with E-state index in [1.165, 1.54) is 76.5 Å². The third-order valence-electron chi connectivity index (χ3n) is 11.0. The van der Waals surface area contributed by atoms with E-state index in [-0.39, 0.29) is 0 Å². The Kier molecular flexibility index (Phi) is 6.62. The molecule has 0 amide bonds. The van der Waals surface area contributed by atoms with Gasteiger partial charge in [0.25, 0.3) is 0 Å². The lowest BCUT2D eigenvalue weighted by molar-refractivity contribution is 0.670. The van der Waals surface area contributed by atoms with Crippen LogP contribution in [-0.4, -0.2) is 0 Å². The average molecular weight is 673 g/mol. The molecular formula is C52H32O. The molecular weight excluding hydrogens is 641 g/mol. The van der Waals surface area contributed by atoms with Crippen molar-refractivity contribution < 1.29 is 4.42 Å². The van der Waals surface area contributed by atoms with Crippen LogP contribution in [0.4, 0.5) is 0 Å². The highest BCUT2D eigenvalue weighted by atomic mass is 16.3. The van der Waals surface area contributed by atoms with Crippen molar-refractivity contribution in [2.75, 3.05) is 0 Å². The Balaban J connectivity index is 1.20. The van der Waals surface area contributed by atoms with Crippen molar-refractivity contribution >= 4 is 65.0 Å². The summed E-state index contributed by atoms with van der Waals surface area (Å²) in [5, 5.41) is 12.2. The van der Waals surface area contributed by atoms with Gasteiger partial charge < -0.3 is 4.42 Å². The summed E-state index contributed by atoms with van der Waals surface area (Å²) in [6, 6.07) is 70.7. The Hall–Kier alpha value is -6.96. The molecule has 11 rings (SSSR count). The van der Waals surface area contributed by atoms with Gasteiger partial charge in [-0.2, -0.15) is 0 Å². The van der Waals surface area contributed by atoms with Gasteiger partial charge >= 0.3 is 0 Å². The minimum atomic E-state index is 0.911. The molecule has 0 fully saturated rings. The molecule has 0 unspecified atom stereocenters. The van der Waals surface area contributed by atoms with Crippen LogP contribution in [0.25, 0.3) is 110 Å². The number of para-hydroxylation sites is 2. The maximum Gasteiger partial charge on any atom is 0.143 e. The fourth-order valence-electron chi connectivity index (χ4n) is 8.51. The first-order valence-electron chi connectivity index (χ1n) is 18.2. The number of furan rings is 1. The van der Waals surface area contributed by atoms with Crippen molar-refractivity contribution in [3.05, 3.63) is 194 Å². The quantitative estimate of drug-likeness (QED) is 0.170. The molecule has 0 spiro atoms. The second kappa shape index (κ2) is 11.8. The van der Waals surface area contributed by atoms with E-state index in [0.29, 0.717) is 0 Å². The maximum atomic E-state index is 6.51. The highest BCUT2D eigenvalue weighted by Gasteiger charge is 2.19. The molecule has 1 heteroatoms. The Morgan fingerprint density at radius 1 is 0.264 bits per heavy atom. The predicted molar refractivity (Wildman–Crippen MR) is 225 cm³/mol. The van der Waals surface area contributed by atoms with Crippen molar-refractivity contribution in [2.24, 2.45) is 0 Å². The average Bonchev–Trinajstić information content (AvgIpc) is 3.61. The number of rotatable bonds is 4. The Labute approximate surface area is 307 Å². The van der Waals surface area contributed by atoms with Gasteiger partial charge in [-0.15, -0.1) is 0 Å². The van der Waals surface area contributed by atoms with Crippen LogP contribution in [0.15, 0.2) is 199 Å². The van der Waals surface area contributed by atoms with Gasteiger partial charge in [-0.1, -0.05) is 164 Å². The summed E-state index contributed by atoms with van der Waals surface area (Å²) in [6.07, 6.45) is 0. The lowest BCUT2D eigenvalue weighted by atomic mass is 9.84. The predicted octanol–water partition coefficient (Wildman–Crippen LogP) is 14.9. The van der Waals surface area contributed by atoms with Gasteiger partial charge in [0.1, 0.15) is 11.2 Å². The van der Waals surface area contributed by atoms with E-state index in [9.17, 15) is 0 Å². The Bertz CT molecular complexity index is 3230. The summed E-state index contributed by atoms with van der Waals surface area (Å²) in [5.41, 5.74) is 11.4. The van der Waals surface area contributed by atoms with Gasteiger partial charge in [-0.05, 0) is 112 Å². The molecule has 0 saturated carbocycles. The molecule has 1 heterocycles. The van der Waals surface area contributed by atoms with Gasteiger partial charge in [0, 0.05) is 16.3 Å². The lowest BCUT2D eigenvalue weighted by Gasteiger charge is -2.19. The normalized spacial score (nSPS) is 11.8. The molecule has 1 aromatic heterocycles. The SMILES string of the molecule is c1cc(-c2c3ccccc3c(-c3ccc4ccccc4c3)c3ccc(-c4ccc5ccccc5c4)cc23)cc(-c2cccc3c2oc2ccccc23)c1. The number of fused-ring (bicyclic) bond motifs is 7. The molecule has 0 aliphatic rings. The lowest BCUT2D eigenvalue weighted by Crippen LogP contribution is -1.92. The maximum absolute atomic E-state index is 6.51. The van der Waals surface area contributed by atoms with Gasteiger partial charge in [-0.25, -0.2) is 0 Å². The molecule has 0 radical (unpaired) electrons. The molecule has 246 valence electrons. The van der Waals surface area contributed by atoms with Crippen LogP contribution in [0.5, 0.6) is 0 Å². The number of hydrogen-bond donors (Lipinski definition) is 0. The zero-order chi connectivity index (χ0) is 34.9. The van der Waals surface area contributed by atoms with E-state index in [0.717, 1.165) is 33.1 Å². The molecule has 0 aliphatic carbocycles. The van der Waals surface area contributed by atoms with Crippen molar-refractivity contribution in [3.8, 4) is 44.5 Å². The van der Waals surface area contributed by atoms with E-state index in [2.05, 4.69) is 188 Å². The monoisotopic (exact) mass is 672 g/mol. The summed E-state index contributed by atoms with van der Waals surface area (Å²) in [6.45, 7) is 0. The molecule has 11 aromatic rings. The van der Waals surface area contributed by atoms with Crippen LogP contribution in [-0.2, 0) is 0 Å². The third-order valence-corrected chi connectivity index (χ3v) is 11.0. The second-order valence-corrected chi connectivity index (χ2v) is 14.0. The van der Waals surface area contributed by atoms with Crippen molar-refractivity contribution in [1.82, 2.24) is 0 Å². The van der Waals surface area contributed by atoms with Gasteiger partial charge in [0.15, 0.2) is 0 Å². The molecule has 0 atom stereocenters. The van der Waals surface area contributed by atoms with E-state index in [1.54, 1.807) is 0 Å². The summed E-state index contributed by atoms with van der Waals surface area (Å²) in [4.78, 5) is 0. The van der Waals surface area contributed by atoms with Crippen LogP contribution in [0.3, 0.4) is 0 Å². The van der Waals surface area contributed by atoms with E-state index in [4.69, 9.17) is 4.42 Å². The number of hydrogen-bond acceptors (Lipinski definition) is 1. The fraction of sp³-hybridized carbons (Fsp3) is 0. The van der Waals surface area contributed by atoms with Crippen LogP contribution < -0.4 is 0 Å². The van der Waals surface area contributed by atoms with Crippen molar-refractivity contribution in [1.29, 1.82) is 0 Å². The van der Waals surface area contributed by atoms with Crippen LogP contribution >= 0.6 is 0 Å². The first kappa shape index (κ1) is 29.7. The molecule has 10 aromatic carbocycles. The summed E-state index contributed by atoms with van der Waals surface area (Å²) >= 11 is 0. The third kappa shape index (κ3) is 4.79. The van der Waals surface area contributed by atoms with E-state index in [1.807, 2.05) is 6.07 Å². The van der Waals surface area contributed by atoms with Gasteiger partial charge in [-0.3, -0.25) is 0 Å². The summed E-state index contributed by atoms with van der Waals surface area (Å²) < 4.78 is 6.51. The Morgan fingerprint density at radius 2 is 0.774 bits per heavy atom. The van der Waals surface area contributed by atoms with Crippen LogP contribution in [0.1, 0.15) is 0 Å². The summed E-state index contributed by atoms with van der Waals surface area (Å²) in [7, 11) is 0. The minimum Gasteiger partial charge on any atom is -0.455 e. The molecule has 53 heavy (non-hydrogen) atoms. The molecule has 0 aliphatic heterocycles. The minimum absolute atomic E-state index is 0.911. The van der Waals surface area contributed by atoms with Crippen LogP contribution in [0.2, 0.25) is 0 Å². The first-order valence-corrected chi connectivity index (χ1v) is 18.2. The standard InChI is InChI=1S/C52H32O/c1-3-13-35-29-37(25-23-33(35)11-1)38-27-28-46-48(32-38)51(45-19-6-5-18-44(45)50(46)41-26-24-34-12-2-4-14-36(34)30-41)40-16-9-15-39(31-40)42-20-10-21-47-43-17-7-8-22-49(43)53-52(42)47/h1-32H. The molecule has 0 bridgehead atoms. The highest BCUT2D eigenvalue weighted by molar-refractivity contribution is 6.22. The zero-order valence-electron chi connectivity index (χ0n) is 28.9. The van der Waals surface area contributed by atoms with Crippen molar-refractivity contribution in [3.63, 3.8) is 0 Å². The van der Waals surface area contributed by atoms with Gasteiger partial charge in [0.05, 0.1) is 0 Å². The van der Waals surface area contributed by atoms with Crippen molar-refractivity contribution in [2.45, 2.75) is 0 Å². The fourth-order valence-corrected chi connectivity index (χ4v) is 8.51. The first-order chi connectivity index (χ1) is 26.3. The summed E-state index contributed by atoms with van der Waals surface area (Å²) in [5.74, 6) is 0. The number of benzene rings is 10. The molecule has 0 saturated heterocycles. The topological polar surface area (TPSA) is 13.1 Å². The largest absolute Gasteiger partial charge is 0.455 e. The zero-order valence-corrected chi connectivity index (χ0v) is 28.9. The molecule has 0 N–H and O–H groups in total. The van der Waals surface area contributed by atoms with E-state index < -0.39 is 0 Å². The smallest absolute Gasteiger partial charge is 0.143 e. The van der Waals surface area contributed by atoms with Gasteiger partial charge in [0.2, 0.25) is 0 Å². The second-order valence-electron chi connectivity index (χ2n) is 14.0. The van der Waals surface area contributed by atoms with Crippen LogP contribution in [0, 0.1) is 0 Å². The Morgan fingerprint density at radius 3 is 1.55 bits per heavy atom. The molecule has 1 nitrogen and oxygen atoms in total. The van der Waals surface area contributed by atoms with E-state index >= 15 is 0 Å².